The van der Waals surface area contributed by atoms with Gasteiger partial charge in [0, 0.05) is 6.04 Å². The second-order valence-corrected chi connectivity index (χ2v) is 4.09. The molecule has 0 saturated carbocycles. The van der Waals surface area contributed by atoms with Crippen LogP contribution in [0.1, 0.15) is 19.4 Å². The Labute approximate surface area is 86.9 Å². The van der Waals surface area contributed by atoms with Gasteiger partial charge < -0.3 is 11.1 Å². The van der Waals surface area contributed by atoms with E-state index in [0.29, 0.717) is 11.7 Å². The van der Waals surface area contributed by atoms with Crippen molar-refractivity contribution in [2.45, 2.75) is 26.8 Å². The van der Waals surface area contributed by atoms with E-state index >= 15 is 0 Å². The van der Waals surface area contributed by atoms with Gasteiger partial charge in [0.05, 0.1) is 16.4 Å². The fraction of sp³-hybridized carbons (Fsp3) is 0.444. The highest BCUT2D eigenvalue weighted by Gasteiger charge is 2.07. The molecule has 0 aliphatic rings. The molecule has 4 heteroatoms. The lowest BCUT2D eigenvalue weighted by molar-refractivity contribution is 0.887. The SMILES string of the molecule is Cc1c(N)cnc(NC(C)C)c1Br. The molecule has 1 aromatic heterocycles. The number of hydrogen-bond acceptors (Lipinski definition) is 3. The maximum atomic E-state index is 5.70. The zero-order chi connectivity index (χ0) is 10.0. The Hall–Kier alpha value is -0.770. The van der Waals surface area contributed by atoms with Crippen LogP contribution in [0.25, 0.3) is 0 Å². The van der Waals surface area contributed by atoms with Gasteiger partial charge in [-0.15, -0.1) is 0 Å². The highest BCUT2D eigenvalue weighted by atomic mass is 79.9. The van der Waals surface area contributed by atoms with Crippen LogP contribution in [0.4, 0.5) is 11.5 Å². The second kappa shape index (κ2) is 3.96. The number of nitrogens with zero attached hydrogens (tertiary/aromatic N) is 1. The van der Waals surface area contributed by atoms with Crippen molar-refractivity contribution >= 4 is 27.4 Å². The van der Waals surface area contributed by atoms with Crippen molar-refractivity contribution in [3.63, 3.8) is 0 Å². The molecule has 1 heterocycles. The number of pyridine rings is 1. The Balaban J connectivity index is 3.04. The summed E-state index contributed by atoms with van der Waals surface area (Å²) in [6, 6.07) is 0.367. The second-order valence-electron chi connectivity index (χ2n) is 3.30. The summed E-state index contributed by atoms with van der Waals surface area (Å²) in [6.07, 6.45) is 1.67. The van der Waals surface area contributed by atoms with Crippen LogP contribution in [-0.2, 0) is 0 Å². The molecule has 0 fully saturated rings. The minimum absolute atomic E-state index is 0.367. The third-order valence-corrected chi connectivity index (χ3v) is 2.70. The third-order valence-electron chi connectivity index (χ3n) is 1.73. The number of hydrogen-bond donors (Lipinski definition) is 2. The molecule has 0 saturated heterocycles. The van der Waals surface area contributed by atoms with Crippen LogP contribution in [-0.4, -0.2) is 11.0 Å². The van der Waals surface area contributed by atoms with Crippen LogP contribution in [0.15, 0.2) is 10.7 Å². The van der Waals surface area contributed by atoms with Gasteiger partial charge in [0.1, 0.15) is 5.82 Å². The molecule has 0 aliphatic carbocycles. The summed E-state index contributed by atoms with van der Waals surface area (Å²) in [5.41, 5.74) is 7.44. The van der Waals surface area contributed by atoms with Gasteiger partial charge in [-0.05, 0) is 42.3 Å². The summed E-state index contributed by atoms with van der Waals surface area (Å²) in [5, 5.41) is 3.23. The molecular formula is C9H14BrN3. The third kappa shape index (κ3) is 2.34. The van der Waals surface area contributed by atoms with E-state index in [0.717, 1.165) is 15.9 Å². The summed E-state index contributed by atoms with van der Waals surface area (Å²) < 4.78 is 0.946. The van der Waals surface area contributed by atoms with Crippen molar-refractivity contribution < 1.29 is 0 Å². The van der Waals surface area contributed by atoms with Crippen LogP contribution < -0.4 is 11.1 Å². The van der Waals surface area contributed by atoms with Crippen molar-refractivity contribution in [2.24, 2.45) is 0 Å². The molecule has 0 atom stereocenters. The molecule has 13 heavy (non-hydrogen) atoms. The van der Waals surface area contributed by atoms with Gasteiger partial charge in [-0.2, -0.15) is 0 Å². The Kier molecular flexibility index (Phi) is 3.14. The molecule has 3 N–H and O–H groups in total. The van der Waals surface area contributed by atoms with Gasteiger partial charge in [-0.3, -0.25) is 0 Å². The number of nitrogens with one attached hydrogen (secondary N) is 1. The van der Waals surface area contributed by atoms with Crippen LogP contribution in [0.3, 0.4) is 0 Å². The number of nitrogens with two attached hydrogens (primary N) is 1. The molecule has 1 rings (SSSR count). The first-order chi connectivity index (χ1) is 6.02. The van der Waals surface area contributed by atoms with Gasteiger partial charge in [0.2, 0.25) is 0 Å². The fourth-order valence-corrected chi connectivity index (χ4v) is 1.41. The standard InChI is InChI=1S/C9H14BrN3/c1-5(2)13-9-8(10)6(3)7(11)4-12-9/h4-5H,11H2,1-3H3,(H,12,13). The average molecular weight is 244 g/mol. The van der Waals surface area contributed by atoms with E-state index in [1.807, 2.05) is 6.92 Å². The lowest BCUT2D eigenvalue weighted by Crippen LogP contribution is -2.12. The van der Waals surface area contributed by atoms with Gasteiger partial charge in [0.25, 0.3) is 0 Å². The number of halogens is 1. The Morgan fingerprint density at radius 3 is 2.69 bits per heavy atom. The predicted molar refractivity (Wildman–Crippen MR) is 59.8 cm³/mol. The maximum absolute atomic E-state index is 5.70. The van der Waals surface area contributed by atoms with Gasteiger partial charge in [-0.1, -0.05) is 0 Å². The zero-order valence-corrected chi connectivity index (χ0v) is 9.64. The van der Waals surface area contributed by atoms with Crippen molar-refractivity contribution in [3.8, 4) is 0 Å². The maximum Gasteiger partial charge on any atom is 0.140 e. The van der Waals surface area contributed by atoms with Crippen LogP contribution in [0.2, 0.25) is 0 Å². The predicted octanol–water partition coefficient (Wildman–Crippen LogP) is 2.56. The molecule has 0 radical (unpaired) electrons. The summed E-state index contributed by atoms with van der Waals surface area (Å²) in [5.74, 6) is 0.849. The largest absolute Gasteiger partial charge is 0.397 e. The Morgan fingerprint density at radius 2 is 2.15 bits per heavy atom. The molecule has 1 aromatic rings. The van der Waals surface area contributed by atoms with E-state index in [-0.39, 0.29) is 0 Å². The minimum Gasteiger partial charge on any atom is -0.397 e. The van der Waals surface area contributed by atoms with Crippen molar-refractivity contribution in [3.05, 3.63) is 16.2 Å². The van der Waals surface area contributed by atoms with E-state index in [2.05, 4.69) is 40.1 Å². The summed E-state index contributed by atoms with van der Waals surface area (Å²) >= 11 is 3.45. The van der Waals surface area contributed by atoms with Crippen molar-refractivity contribution in [1.29, 1.82) is 0 Å². The smallest absolute Gasteiger partial charge is 0.140 e. The van der Waals surface area contributed by atoms with E-state index in [1.54, 1.807) is 6.20 Å². The van der Waals surface area contributed by atoms with E-state index in [1.165, 1.54) is 0 Å². The number of aromatic nitrogens is 1. The van der Waals surface area contributed by atoms with Gasteiger partial charge >= 0.3 is 0 Å². The molecule has 3 nitrogen and oxygen atoms in total. The molecule has 0 unspecified atom stereocenters. The van der Waals surface area contributed by atoms with Crippen LogP contribution in [0, 0.1) is 6.92 Å². The Bertz CT molecular complexity index is 310. The lowest BCUT2D eigenvalue weighted by Gasteiger charge is -2.12. The van der Waals surface area contributed by atoms with Crippen molar-refractivity contribution in [1.82, 2.24) is 4.98 Å². The van der Waals surface area contributed by atoms with E-state index in [4.69, 9.17) is 5.73 Å². The first-order valence-electron chi connectivity index (χ1n) is 4.19. The monoisotopic (exact) mass is 243 g/mol. The topological polar surface area (TPSA) is 50.9 Å². The number of nitrogen functional groups attached to an aromatic ring is 1. The quantitative estimate of drug-likeness (QED) is 0.840. The molecule has 0 aliphatic heterocycles. The average Bonchev–Trinajstić information content (AvgIpc) is 2.06. The molecule has 0 amide bonds. The summed E-state index contributed by atoms with van der Waals surface area (Å²) in [6.45, 7) is 6.10. The van der Waals surface area contributed by atoms with Crippen molar-refractivity contribution in [2.75, 3.05) is 11.1 Å². The summed E-state index contributed by atoms with van der Waals surface area (Å²) in [7, 11) is 0. The normalized spacial score (nSPS) is 10.5. The summed E-state index contributed by atoms with van der Waals surface area (Å²) in [4.78, 5) is 4.20. The van der Waals surface area contributed by atoms with Crippen LogP contribution in [0.5, 0.6) is 0 Å². The van der Waals surface area contributed by atoms with E-state index < -0.39 is 0 Å². The fourth-order valence-electron chi connectivity index (χ4n) is 0.966. The minimum atomic E-state index is 0.367. The molecule has 0 spiro atoms. The highest BCUT2D eigenvalue weighted by molar-refractivity contribution is 9.10. The van der Waals surface area contributed by atoms with E-state index in [9.17, 15) is 0 Å². The van der Waals surface area contributed by atoms with Crippen LogP contribution >= 0.6 is 15.9 Å². The molecular weight excluding hydrogens is 230 g/mol. The lowest BCUT2D eigenvalue weighted by atomic mass is 10.2. The van der Waals surface area contributed by atoms with Gasteiger partial charge in [-0.25, -0.2) is 4.98 Å². The molecule has 0 aromatic carbocycles. The number of anilines is 2. The first-order valence-corrected chi connectivity index (χ1v) is 4.98. The zero-order valence-electron chi connectivity index (χ0n) is 8.06. The van der Waals surface area contributed by atoms with Gasteiger partial charge in [0.15, 0.2) is 0 Å². The highest BCUT2D eigenvalue weighted by Crippen LogP contribution is 2.27. The molecule has 72 valence electrons. The first kappa shape index (κ1) is 10.3. The Morgan fingerprint density at radius 1 is 1.54 bits per heavy atom. The molecule has 0 bridgehead atoms. The number of rotatable bonds is 2.